The summed E-state index contributed by atoms with van der Waals surface area (Å²) in [4.78, 5) is 0. The molecule has 0 saturated heterocycles. The highest BCUT2D eigenvalue weighted by molar-refractivity contribution is 6.33. The maximum atomic E-state index is 13.8. The van der Waals surface area contributed by atoms with Gasteiger partial charge in [0.25, 0.3) is 0 Å². The van der Waals surface area contributed by atoms with Crippen LogP contribution in [0.25, 0.3) is 0 Å². The van der Waals surface area contributed by atoms with Crippen molar-refractivity contribution in [2.24, 2.45) is 5.92 Å². The van der Waals surface area contributed by atoms with Gasteiger partial charge < -0.3 is 21.5 Å². The van der Waals surface area contributed by atoms with Gasteiger partial charge in [-0.25, -0.2) is 4.39 Å². The summed E-state index contributed by atoms with van der Waals surface area (Å²) >= 11 is 5.73. The van der Waals surface area contributed by atoms with E-state index in [2.05, 4.69) is 19.2 Å². The topological polar surface area (TPSA) is 73.3 Å². The molecule has 0 heterocycles. The predicted octanol–water partition coefficient (Wildman–Crippen LogP) is 3.12. The van der Waals surface area contributed by atoms with Crippen LogP contribution in [0.3, 0.4) is 0 Å². The summed E-state index contributed by atoms with van der Waals surface area (Å²) in [6, 6.07) is 1.44. The third kappa shape index (κ3) is 4.76. The van der Waals surface area contributed by atoms with E-state index >= 15 is 0 Å². The Labute approximate surface area is 118 Å². The Hall–Kier alpha value is -1.20. The molecule has 19 heavy (non-hydrogen) atoms. The summed E-state index contributed by atoms with van der Waals surface area (Å²) in [6.07, 6.45) is 1.00. The molecule has 0 unspecified atom stereocenters. The Morgan fingerprint density at radius 1 is 1.32 bits per heavy atom. The smallest absolute Gasteiger partial charge is 0.169 e. The van der Waals surface area contributed by atoms with Gasteiger partial charge in [-0.05, 0) is 18.4 Å². The lowest BCUT2D eigenvalue weighted by Gasteiger charge is -2.13. The van der Waals surface area contributed by atoms with Gasteiger partial charge in [0.2, 0.25) is 0 Å². The molecule has 6 heteroatoms. The number of halogens is 2. The lowest BCUT2D eigenvalue weighted by atomic mass is 10.1. The van der Waals surface area contributed by atoms with Crippen molar-refractivity contribution >= 4 is 28.7 Å². The number of anilines is 3. The lowest BCUT2D eigenvalue weighted by molar-refractivity contribution is 0.132. The van der Waals surface area contributed by atoms with Crippen LogP contribution in [0.1, 0.15) is 20.3 Å². The standard InChI is InChI=1S/C13H21ClFN3O/c1-8(2)3-5-19-6-4-18-13-10(17)7-9(16)11(14)12(13)15/h7-8,18H,3-6,16-17H2,1-2H3. The molecule has 1 rings (SSSR count). The van der Waals surface area contributed by atoms with E-state index in [9.17, 15) is 4.39 Å². The van der Waals surface area contributed by atoms with Gasteiger partial charge in [-0.15, -0.1) is 0 Å². The number of hydrogen-bond acceptors (Lipinski definition) is 4. The third-order valence-electron chi connectivity index (χ3n) is 2.65. The summed E-state index contributed by atoms with van der Waals surface area (Å²) in [5.41, 5.74) is 11.7. The molecule has 5 N–H and O–H groups in total. The number of ether oxygens (including phenoxy) is 1. The predicted molar refractivity (Wildman–Crippen MR) is 79.0 cm³/mol. The van der Waals surface area contributed by atoms with E-state index in [-0.39, 0.29) is 22.1 Å². The van der Waals surface area contributed by atoms with Gasteiger partial charge in [-0.3, -0.25) is 0 Å². The van der Waals surface area contributed by atoms with Crippen molar-refractivity contribution in [2.45, 2.75) is 20.3 Å². The van der Waals surface area contributed by atoms with Crippen LogP contribution in [0, 0.1) is 11.7 Å². The molecule has 0 spiro atoms. The number of nitrogens with one attached hydrogen (secondary N) is 1. The van der Waals surface area contributed by atoms with E-state index in [1.54, 1.807) is 0 Å². The van der Waals surface area contributed by atoms with E-state index in [0.29, 0.717) is 25.7 Å². The first kappa shape index (κ1) is 15.9. The van der Waals surface area contributed by atoms with Crippen LogP contribution < -0.4 is 16.8 Å². The maximum absolute atomic E-state index is 13.8. The lowest BCUT2D eigenvalue weighted by Crippen LogP contribution is -2.13. The molecule has 0 bridgehead atoms. The highest BCUT2D eigenvalue weighted by Gasteiger charge is 2.13. The van der Waals surface area contributed by atoms with E-state index in [1.807, 2.05) is 0 Å². The van der Waals surface area contributed by atoms with Crippen LogP contribution in [0.2, 0.25) is 5.02 Å². The Morgan fingerprint density at radius 2 is 2.00 bits per heavy atom. The van der Waals surface area contributed by atoms with Crippen LogP contribution in [-0.2, 0) is 4.74 Å². The third-order valence-corrected chi connectivity index (χ3v) is 3.04. The maximum Gasteiger partial charge on any atom is 0.169 e. The van der Waals surface area contributed by atoms with E-state index in [0.717, 1.165) is 6.42 Å². The normalized spacial score (nSPS) is 11.0. The molecule has 0 fully saturated rings. The molecule has 1 aromatic rings. The van der Waals surface area contributed by atoms with Crippen LogP contribution >= 0.6 is 11.6 Å². The van der Waals surface area contributed by atoms with Crippen molar-refractivity contribution in [3.05, 3.63) is 16.9 Å². The van der Waals surface area contributed by atoms with Crippen LogP contribution in [0.4, 0.5) is 21.5 Å². The highest BCUT2D eigenvalue weighted by Crippen LogP contribution is 2.33. The van der Waals surface area contributed by atoms with Gasteiger partial charge in [0, 0.05) is 13.2 Å². The fourth-order valence-corrected chi connectivity index (χ4v) is 1.66. The Morgan fingerprint density at radius 3 is 2.63 bits per heavy atom. The summed E-state index contributed by atoms with van der Waals surface area (Å²) in [7, 11) is 0. The summed E-state index contributed by atoms with van der Waals surface area (Å²) in [5.74, 6) is -0.0155. The first-order valence-electron chi connectivity index (χ1n) is 6.28. The zero-order valence-electron chi connectivity index (χ0n) is 11.3. The van der Waals surface area contributed by atoms with Gasteiger partial charge in [0.1, 0.15) is 5.02 Å². The molecule has 0 aromatic heterocycles. The molecular weight excluding hydrogens is 269 g/mol. The Balaban J connectivity index is 2.44. The van der Waals surface area contributed by atoms with Gasteiger partial charge in [0.05, 0.1) is 23.7 Å². The fraction of sp³-hybridized carbons (Fsp3) is 0.538. The van der Waals surface area contributed by atoms with Crippen molar-refractivity contribution in [3.63, 3.8) is 0 Å². The van der Waals surface area contributed by atoms with Gasteiger partial charge in [-0.1, -0.05) is 25.4 Å². The molecule has 0 aliphatic carbocycles. The average Bonchev–Trinajstić information content (AvgIpc) is 2.34. The Bertz CT molecular complexity index is 427. The second kappa shape index (κ2) is 7.40. The molecule has 0 atom stereocenters. The molecule has 1 aromatic carbocycles. The molecule has 0 aliphatic heterocycles. The minimum Gasteiger partial charge on any atom is -0.397 e. The molecule has 0 aliphatic rings. The Kier molecular flexibility index (Phi) is 6.18. The number of benzene rings is 1. The summed E-state index contributed by atoms with van der Waals surface area (Å²) in [5, 5.41) is 2.76. The highest BCUT2D eigenvalue weighted by atomic mass is 35.5. The van der Waals surface area contributed by atoms with Crippen molar-refractivity contribution < 1.29 is 9.13 Å². The van der Waals surface area contributed by atoms with Gasteiger partial charge in [0.15, 0.2) is 5.82 Å². The first-order chi connectivity index (χ1) is 8.93. The average molecular weight is 290 g/mol. The molecule has 4 nitrogen and oxygen atoms in total. The van der Waals surface area contributed by atoms with E-state index in [1.165, 1.54) is 6.07 Å². The van der Waals surface area contributed by atoms with Crippen LogP contribution in [-0.4, -0.2) is 19.8 Å². The van der Waals surface area contributed by atoms with Crippen LogP contribution in [0.15, 0.2) is 6.07 Å². The summed E-state index contributed by atoms with van der Waals surface area (Å²) < 4.78 is 19.2. The van der Waals surface area contributed by atoms with Gasteiger partial charge >= 0.3 is 0 Å². The van der Waals surface area contributed by atoms with Crippen molar-refractivity contribution in [1.29, 1.82) is 0 Å². The second-order valence-electron chi connectivity index (χ2n) is 4.78. The number of rotatable bonds is 7. The number of nitrogens with two attached hydrogens (primary N) is 2. The molecule has 0 amide bonds. The first-order valence-corrected chi connectivity index (χ1v) is 6.65. The SMILES string of the molecule is CC(C)CCOCCNc1c(N)cc(N)c(Cl)c1F. The van der Waals surface area contributed by atoms with Crippen molar-refractivity contribution in [2.75, 3.05) is 36.5 Å². The van der Waals surface area contributed by atoms with Gasteiger partial charge in [-0.2, -0.15) is 0 Å². The largest absolute Gasteiger partial charge is 0.397 e. The molecule has 108 valence electrons. The van der Waals surface area contributed by atoms with E-state index in [4.69, 9.17) is 27.8 Å². The number of nitrogen functional groups attached to an aromatic ring is 2. The van der Waals surface area contributed by atoms with Crippen LogP contribution in [0.5, 0.6) is 0 Å². The molecule has 0 radical (unpaired) electrons. The monoisotopic (exact) mass is 289 g/mol. The second-order valence-corrected chi connectivity index (χ2v) is 5.16. The zero-order valence-corrected chi connectivity index (χ0v) is 12.1. The quantitative estimate of drug-likeness (QED) is 0.533. The minimum atomic E-state index is -0.624. The fourth-order valence-electron chi connectivity index (χ4n) is 1.52. The van der Waals surface area contributed by atoms with E-state index < -0.39 is 5.82 Å². The number of hydrogen-bond donors (Lipinski definition) is 3. The zero-order chi connectivity index (χ0) is 14.4. The molecular formula is C13H21ClFN3O. The minimum absolute atomic E-state index is 0.113. The van der Waals surface area contributed by atoms with Crippen molar-refractivity contribution in [3.8, 4) is 0 Å². The van der Waals surface area contributed by atoms with Crippen molar-refractivity contribution in [1.82, 2.24) is 0 Å². The molecule has 0 saturated carbocycles. The summed E-state index contributed by atoms with van der Waals surface area (Å²) in [6.45, 7) is 5.90.